The Kier molecular flexibility index (Phi) is 7.22. The van der Waals surface area contributed by atoms with Crippen molar-refractivity contribution < 1.29 is 13.6 Å². The summed E-state index contributed by atoms with van der Waals surface area (Å²) in [6, 6.07) is 9.08. The Labute approximate surface area is 227 Å². The number of nitrogens with one attached hydrogen (secondary N) is 2. The van der Waals surface area contributed by atoms with Crippen LogP contribution in [0.1, 0.15) is 30.5 Å². The van der Waals surface area contributed by atoms with Gasteiger partial charge in [0.05, 0.1) is 12.2 Å². The van der Waals surface area contributed by atoms with Gasteiger partial charge in [0.15, 0.2) is 5.82 Å². The third-order valence-electron chi connectivity index (χ3n) is 7.06. The Morgan fingerprint density at radius 3 is 2.44 bits per heavy atom. The van der Waals surface area contributed by atoms with Crippen molar-refractivity contribution in [2.75, 3.05) is 43.0 Å². The first-order valence-electron chi connectivity index (χ1n) is 13.1. The predicted octanol–water partition coefficient (Wildman–Crippen LogP) is 4.81. The number of halogens is 2. The molecule has 3 heterocycles. The lowest BCUT2D eigenvalue weighted by Crippen LogP contribution is -2.46. The molecule has 0 radical (unpaired) electrons. The molecule has 2 aromatic carbocycles. The summed E-state index contributed by atoms with van der Waals surface area (Å²) in [6.07, 6.45) is 0. The Bertz CT molecular complexity index is 1410. The van der Waals surface area contributed by atoms with Gasteiger partial charge in [-0.2, -0.15) is 4.98 Å². The zero-order valence-electron chi connectivity index (χ0n) is 22.7. The van der Waals surface area contributed by atoms with E-state index < -0.39 is 23.4 Å². The van der Waals surface area contributed by atoms with Crippen molar-refractivity contribution in [1.82, 2.24) is 25.5 Å². The van der Waals surface area contributed by atoms with Crippen LogP contribution in [-0.4, -0.2) is 60.2 Å². The molecule has 2 N–H and O–H groups in total. The molecule has 204 valence electrons. The number of carbonyl (C=O) groups excluding carboxylic acids is 1. The second kappa shape index (κ2) is 10.6. The highest BCUT2D eigenvalue weighted by molar-refractivity contribution is 6.02. The molecule has 1 saturated heterocycles. The lowest BCUT2D eigenvalue weighted by atomic mass is 9.97. The molecule has 2 amide bonds. The molecule has 0 atom stereocenters. The fraction of sp³-hybridized carbons (Fsp3) is 0.345. The van der Waals surface area contributed by atoms with Gasteiger partial charge in [-0.15, -0.1) is 0 Å². The Morgan fingerprint density at radius 1 is 1.08 bits per heavy atom. The largest absolute Gasteiger partial charge is 0.383 e. The molecule has 0 unspecified atom stereocenters. The predicted molar refractivity (Wildman–Crippen MR) is 150 cm³/mol. The van der Waals surface area contributed by atoms with Crippen LogP contribution in [0.4, 0.5) is 31.0 Å². The van der Waals surface area contributed by atoms with E-state index in [0.717, 1.165) is 52.5 Å². The maximum absolute atomic E-state index is 15.0. The van der Waals surface area contributed by atoms with Crippen molar-refractivity contribution in [3.05, 3.63) is 71.3 Å². The minimum atomic E-state index is -0.853. The summed E-state index contributed by atoms with van der Waals surface area (Å²) >= 11 is 0. The second-order valence-electron chi connectivity index (χ2n) is 10.3. The number of amides is 2. The number of hydrogen-bond donors (Lipinski definition) is 2. The number of urea groups is 1. The van der Waals surface area contributed by atoms with E-state index in [-0.39, 0.29) is 18.4 Å². The number of nitrogens with zero attached hydrogens (tertiary/aromatic N) is 5. The van der Waals surface area contributed by atoms with E-state index in [4.69, 9.17) is 9.97 Å². The average molecular weight is 534 g/mol. The standard InChI is InChI=1S/C29H33F2N7O/c1-17(2)33-19(4)20-10-9-18(3)21(15-20)25-22-16-32-29(39)38(26-23(30)7-6-8-24(26)31)27(22)35-28(34-25)37-13-11-36(5)12-14-37/h6-10,15,17,33H,4,11-14,16H2,1-3,5H3,(H,32,39). The number of aryl methyl sites for hydroxylation is 1. The second-order valence-corrected chi connectivity index (χ2v) is 10.3. The summed E-state index contributed by atoms with van der Waals surface area (Å²) < 4.78 is 30.0. The number of aromatic nitrogens is 2. The lowest BCUT2D eigenvalue weighted by molar-refractivity contribution is 0.246. The SMILES string of the molecule is C=C(NC(C)C)c1ccc(C)c(-c2nc(N3CCN(C)CC3)nc3c2CNC(=O)N3c2c(F)cccc2F)c1. The summed E-state index contributed by atoms with van der Waals surface area (Å²) in [7, 11) is 2.05. The third kappa shape index (κ3) is 5.16. The van der Waals surface area contributed by atoms with Crippen LogP contribution in [-0.2, 0) is 6.54 Å². The van der Waals surface area contributed by atoms with Crippen LogP contribution in [0.5, 0.6) is 0 Å². The minimum Gasteiger partial charge on any atom is -0.383 e. The summed E-state index contributed by atoms with van der Waals surface area (Å²) in [6.45, 7) is 13.4. The lowest BCUT2D eigenvalue weighted by Gasteiger charge is -2.35. The van der Waals surface area contributed by atoms with Gasteiger partial charge in [-0.3, -0.25) is 0 Å². The van der Waals surface area contributed by atoms with E-state index >= 15 is 0 Å². The molecule has 39 heavy (non-hydrogen) atoms. The zero-order chi connectivity index (χ0) is 27.8. The van der Waals surface area contributed by atoms with Crippen molar-refractivity contribution in [2.45, 2.75) is 33.4 Å². The molecule has 2 aliphatic heterocycles. The summed E-state index contributed by atoms with van der Waals surface area (Å²) in [5, 5.41) is 6.11. The number of rotatable bonds is 6. The van der Waals surface area contributed by atoms with Crippen LogP contribution >= 0.6 is 0 Å². The van der Waals surface area contributed by atoms with Crippen molar-refractivity contribution in [3.63, 3.8) is 0 Å². The molecule has 1 fully saturated rings. The number of likely N-dealkylation sites (N-methyl/N-ethyl adjacent to an activating group) is 1. The highest BCUT2D eigenvalue weighted by Crippen LogP contribution is 2.40. The number of para-hydroxylation sites is 1. The van der Waals surface area contributed by atoms with Gasteiger partial charge in [0.1, 0.15) is 17.3 Å². The molecular formula is C29H33F2N7O. The van der Waals surface area contributed by atoms with Crippen LogP contribution in [0, 0.1) is 18.6 Å². The van der Waals surface area contributed by atoms with Crippen molar-refractivity contribution >= 4 is 29.2 Å². The van der Waals surface area contributed by atoms with Crippen molar-refractivity contribution in [3.8, 4) is 11.3 Å². The van der Waals surface area contributed by atoms with Gasteiger partial charge >= 0.3 is 6.03 Å². The smallest absolute Gasteiger partial charge is 0.328 e. The first kappa shape index (κ1) is 26.6. The third-order valence-corrected chi connectivity index (χ3v) is 7.06. The van der Waals surface area contributed by atoms with Gasteiger partial charge in [0.2, 0.25) is 5.95 Å². The van der Waals surface area contributed by atoms with E-state index in [2.05, 4.69) is 29.2 Å². The first-order valence-corrected chi connectivity index (χ1v) is 13.1. The molecule has 5 rings (SSSR count). The number of fused-ring (bicyclic) bond motifs is 1. The fourth-order valence-electron chi connectivity index (χ4n) is 4.92. The van der Waals surface area contributed by atoms with E-state index in [1.165, 1.54) is 6.07 Å². The van der Waals surface area contributed by atoms with Crippen LogP contribution in [0.3, 0.4) is 0 Å². The summed E-state index contributed by atoms with van der Waals surface area (Å²) in [5.74, 6) is -1.12. The van der Waals surface area contributed by atoms with Crippen molar-refractivity contribution in [1.29, 1.82) is 0 Å². The van der Waals surface area contributed by atoms with Crippen LogP contribution < -0.4 is 20.4 Å². The first-order chi connectivity index (χ1) is 18.6. The molecule has 0 aliphatic carbocycles. The van der Waals surface area contributed by atoms with Crippen molar-refractivity contribution in [2.24, 2.45) is 0 Å². The van der Waals surface area contributed by atoms with Gasteiger partial charge in [-0.25, -0.2) is 23.5 Å². The molecule has 1 aromatic heterocycles. The fourth-order valence-corrected chi connectivity index (χ4v) is 4.92. The maximum Gasteiger partial charge on any atom is 0.328 e. The molecule has 2 aliphatic rings. The molecular weight excluding hydrogens is 500 g/mol. The quantitative estimate of drug-likeness (QED) is 0.474. The number of carbonyl (C=O) groups is 1. The molecule has 0 saturated carbocycles. The number of benzene rings is 2. The van der Waals surface area contributed by atoms with E-state index in [1.54, 1.807) is 0 Å². The molecule has 0 bridgehead atoms. The van der Waals surface area contributed by atoms with Gasteiger partial charge in [-0.05, 0) is 57.1 Å². The highest BCUT2D eigenvalue weighted by Gasteiger charge is 2.35. The van der Waals surface area contributed by atoms with Gasteiger partial charge in [-0.1, -0.05) is 24.8 Å². The normalized spacial score (nSPS) is 15.8. The average Bonchev–Trinajstić information content (AvgIpc) is 2.89. The number of hydrogen-bond acceptors (Lipinski definition) is 6. The van der Waals surface area contributed by atoms with E-state index in [0.29, 0.717) is 30.3 Å². The van der Waals surface area contributed by atoms with E-state index in [1.807, 2.05) is 43.9 Å². The topological polar surface area (TPSA) is 76.6 Å². The Morgan fingerprint density at radius 2 is 1.77 bits per heavy atom. The minimum absolute atomic E-state index is 0.119. The molecule has 0 spiro atoms. The number of anilines is 3. The highest BCUT2D eigenvalue weighted by atomic mass is 19.1. The zero-order valence-corrected chi connectivity index (χ0v) is 22.7. The molecule has 10 heteroatoms. The maximum atomic E-state index is 15.0. The Hall–Kier alpha value is -4.05. The van der Waals surface area contributed by atoms with Gasteiger partial charge < -0.3 is 20.4 Å². The van der Waals surface area contributed by atoms with Crippen LogP contribution in [0.2, 0.25) is 0 Å². The summed E-state index contributed by atoms with van der Waals surface area (Å²) in [4.78, 5) is 28.2. The van der Waals surface area contributed by atoms with Crippen LogP contribution in [0.15, 0.2) is 43.0 Å². The Balaban J connectivity index is 1.73. The molecule has 8 nitrogen and oxygen atoms in total. The summed E-state index contributed by atoms with van der Waals surface area (Å²) in [5.41, 5.74) is 4.18. The number of piperazine rings is 1. The molecule has 3 aromatic rings. The van der Waals surface area contributed by atoms with Gasteiger partial charge in [0.25, 0.3) is 0 Å². The monoisotopic (exact) mass is 533 g/mol. The van der Waals surface area contributed by atoms with Gasteiger partial charge in [0, 0.05) is 49.0 Å². The van der Waals surface area contributed by atoms with Crippen LogP contribution in [0.25, 0.3) is 17.0 Å². The van der Waals surface area contributed by atoms with E-state index in [9.17, 15) is 13.6 Å².